The molecule has 0 bridgehead atoms. The lowest BCUT2D eigenvalue weighted by atomic mass is 10.0. The number of amides is 2. The molecule has 1 aromatic carbocycles. The van der Waals surface area contributed by atoms with Gasteiger partial charge in [0, 0.05) is 44.3 Å². The maximum absolute atomic E-state index is 12.5. The van der Waals surface area contributed by atoms with Crippen LogP contribution >= 0.6 is 0 Å². The lowest BCUT2D eigenvalue weighted by molar-refractivity contribution is 0.178. The highest BCUT2D eigenvalue weighted by molar-refractivity contribution is 5.74. The maximum atomic E-state index is 12.5. The van der Waals surface area contributed by atoms with Crippen LogP contribution in [0.1, 0.15) is 31.4 Å². The van der Waals surface area contributed by atoms with Gasteiger partial charge in [-0.2, -0.15) is 0 Å². The van der Waals surface area contributed by atoms with Crippen LogP contribution in [0.3, 0.4) is 0 Å². The Labute approximate surface area is 149 Å². The van der Waals surface area contributed by atoms with Gasteiger partial charge in [-0.1, -0.05) is 18.2 Å². The molecule has 1 aliphatic rings. The molecule has 1 fully saturated rings. The van der Waals surface area contributed by atoms with Crippen LogP contribution in [0.25, 0.3) is 0 Å². The van der Waals surface area contributed by atoms with Crippen LogP contribution in [0.5, 0.6) is 0 Å². The Morgan fingerprint density at radius 2 is 1.80 bits per heavy atom. The summed E-state index contributed by atoms with van der Waals surface area (Å²) in [5.74, 6) is 0. The van der Waals surface area contributed by atoms with E-state index in [1.54, 1.807) is 12.4 Å². The molecular weight excluding hydrogens is 312 g/mol. The minimum absolute atomic E-state index is 0.0137. The first-order valence-corrected chi connectivity index (χ1v) is 8.88. The minimum atomic E-state index is -0.0137. The number of nitrogens with zero attached hydrogens (tertiary/aromatic N) is 3. The molecule has 132 valence electrons. The van der Waals surface area contributed by atoms with Crippen LogP contribution in [0.15, 0.2) is 54.9 Å². The number of anilines is 1. The van der Waals surface area contributed by atoms with Crippen LogP contribution in [-0.2, 0) is 0 Å². The molecule has 1 aromatic heterocycles. The quantitative estimate of drug-likeness (QED) is 0.929. The molecule has 2 heterocycles. The van der Waals surface area contributed by atoms with Gasteiger partial charge in [0.2, 0.25) is 0 Å². The predicted molar refractivity (Wildman–Crippen MR) is 101 cm³/mol. The summed E-state index contributed by atoms with van der Waals surface area (Å²) in [6.07, 6.45) is 5.48. The average molecular weight is 338 g/mol. The summed E-state index contributed by atoms with van der Waals surface area (Å²) >= 11 is 0. The Morgan fingerprint density at radius 1 is 1.16 bits per heavy atom. The molecule has 0 spiro atoms. The molecule has 5 nitrogen and oxygen atoms in total. The Hall–Kier alpha value is -2.56. The number of aromatic nitrogens is 1. The summed E-state index contributed by atoms with van der Waals surface area (Å²) in [6, 6.07) is 14.8. The van der Waals surface area contributed by atoms with E-state index in [0.29, 0.717) is 6.04 Å². The van der Waals surface area contributed by atoms with Gasteiger partial charge < -0.3 is 15.1 Å². The molecule has 0 saturated carbocycles. The summed E-state index contributed by atoms with van der Waals surface area (Å²) in [5.41, 5.74) is 2.30. The number of para-hydroxylation sites is 1. The molecule has 1 N–H and O–H groups in total. The van der Waals surface area contributed by atoms with E-state index in [0.717, 1.165) is 31.5 Å². The first-order valence-electron chi connectivity index (χ1n) is 8.88. The van der Waals surface area contributed by atoms with Crippen LogP contribution in [0.4, 0.5) is 10.5 Å². The number of piperidine rings is 1. The molecule has 2 amide bonds. The Kier molecular flexibility index (Phi) is 5.53. The zero-order valence-electron chi connectivity index (χ0n) is 14.9. The number of nitrogens with one attached hydrogen (secondary N) is 1. The third-order valence-electron chi connectivity index (χ3n) is 5.01. The standard InChI is InChI=1S/C20H26N4O/c1-16(17-8-12-21-13-9-17)22-20(25)24-14-10-19(11-15-24)23(2)18-6-4-3-5-7-18/h3-9,12-13,16,19H,10-11,14-15H2,1-2H3,(H,22,25)/t16-/m1/s1. The summed E-state index contributed by atoms with van der Waals surface area (Å²) in [6.45, 7) is 3.58. The van der Waals surface area contributed by atoms with E-state index in [1.165, 1.54) is 5.69 Å². The lowest BCUT2D eigenvalue weighted by Gasteiger charge is -2.38. The Bertz CT molecular complexity index is 669. The lowest BCUT2D eigenvalue weighted by Crippen LogP contribution is -2.49. The van der Waals surface area contributed by atoms with Gasteiger partial charge in [0.1, 0.15) is 0 Å². The van der Waals surface area contributed by atoms with E-state index in [9.17, 15) is 4.79 Å². The first kappa shape index (κ1) is 17.3. The monoisotopic (exact) mass is 338 g/mol. The summed E-state index contributed by atoms with van der Waals surface area (Å²) < 4.78 is 0. The average Bonchev–Trinajstić information content (AvgIpc) is 2.69. The van der Waals surface area contributed by atoms with Gasteiger partial charge in [0.15, 0.2) is 0 Å². The molecule has 2 aromatic rings. The van der Waals surface area contributed by atoms with Gasteiger partial charge in [-0.05, 0) is 49.6 Å². The van der Waals surface area contributed by atoms with Gasteiger partial charge >= 0.3 is 6.03 Å². The number of pyridine rings is 1. The number of carbonyl (C=O) groups is 1. The fourth-order valence-electron chi connectivity index (χ4n) is 3.34. The van der Waals surface area contributed by atoms with Gasteiger partial charge in [-0.25, -0.2) is 4.79 Å². The highest BCUT2D eigenvalue weighted by Crippen LogP contribution is 2.22. The molecular formula is C20H26N4O. The van der Waals surface area contributed by atoms with Crippen molar-refractivity contribution in [3.63, 3.8) is 0 Å². The smallest absolute Gasteiger partial charge is 0.317 e. The SMILES string of the molecule is C[C@@H](NC(=O)N1CCC(N(C)c2ccccc2)CC1)c1ccncc1. The molecule has 3 rings (SSSR count). The minimum Gasteiger partial charge on any atom is -0.371 e. The van der Waals surface area contributed by atoms with Crippen molar-refractivity contribution in [2.45, 2.75) is 31.8 Å². The van der Waals surface area contributed by atoms with Gasteiger partial charge in [-0.3, -0.25) is 4.98 Å². The number of benzene rings is 1. The van der Waals surface area contributed by atoms with Crippen molar-refractivity contribution in [2.24, 2.45) is 0 Å². The van der Waals surface area contributed by atoms with Gasteiger partial charge in [-0.15, -0.1) is 0 Å². The highest BCUT2D eigenvalue weighted by atomic mass is 16.2. The molecule has 25 heavy (non-hydrogen) atoms. The number of hydrogen-bond acceptors (Lipinski definition) is 3. The van der Waals surface area contributed by atoms with Gasteiger partial charge in [0.25, 0.3) is 0 Å². The zero-order valence-corrected chi connectivity index (χ0v) is 14.9. The molecule has 1 atom stereocenters. The largest absolute Gasteiger partial charge is 0.371 e. The van der Waals surface area contributed by atoms with Crippen LogP contribution in [0.2, 0.25) is 0 Å². The zero-order chi connectivity index (χ0) is 17.6. The highest BCUT2D eigenvalue weighted by Gasteiger charge is 2.26. The summed E-state index contributed by atoms with van der Waals surface area (Å²) in [5, 5.41) is 3.09. The fourth-order valence-corrected chi connectivity index (χ4v) is 3.34. The molecule has 1 saturated heterocycles. The second-order valence-corrected chi connectivity index (χ2v) is 6.62. The van der Waals surface area contributed by atoms with Crippen molar-refractivity contribution in [3.05, 3.63) is 60.4 Å². The topological polar surface area (TPSA) is 48.5 Å². The molecule has 0 radical (unpaired) electrons. The van der Waals surface area contributed by atoms with Crippen molar-refractivity contribution in [1.29, 1.82) is 0 Å². The van der Waals surface area contributed by atoms with E-state index in [4.69, 9.17) is 0 Å². The molecule has 5 heteroatoms. The number of rotatable bonds is 4. The second kappa shape index (κ2) is 8.01. The van der Waals surface area contributed by atoms with E-state index in [2.05, 4.69) is 46.5 Å². The van der Waals surface area contributed by atoms with Crippen molar-refractivity contribution < 1.29 is 4.79 Å². The second-order valence-electron chi connectivity index (χ2n) is 6.62. The van der Waals surface area contributed by atoms with Crippen LogP contribution < -0.4 is 10.2 Å². The third-order valence-corrected chi connectivity index (χ3v) is 5.01. The van der Waals surface area contributed by atoms with Crippen molar-refractivity contribution in [2.75, 3.05) is 25.0 Å². The Morgan fingerprint density at radius 3 is 2.44 bits per heavy atom. The predicted octanol–water partition coefficient (Wildman–Crippen LogP) is 3.45. The maximum Gasteiger partial charge on any atom is 0.317 e. The summed E-state index contributed by atoms with van der Waals surface area (Å²) in [7, 11) is 2.14. The van der Waals surface area contributed by atoms with Crippen molar-refractivity contribution in [3.8, 4) is 0 Å². The van der Waals surface area contributed by atoms with E-state index < -0.39 is 0 Å². The van der Waals surface area contributed by atoms with Crippen molar-refractivity contribution in [1.82, 2.24) is 15.2 Å². The van der Waals surface area contributed by atoms with E-state index >= 15 is 0 Å². The Balaban J connectivity index is 1.51. The van der Waals surface area contributed by atoms with Crippen molar-refractivity contribution >= 4 is 11.7 Å². The van der Waals surface area contributed by atoms with Gasteiger partial charge in [0.05, 0.1) is 6.04 Å². The number of hydrogen-bond donors (Lipinski definition) is 1. The fraction of sp³-hybridized carbons (Fsp3) is 0.400. The first-order chi connectivity index (χ1) is 12.1. The normalized spacial score (nSPS) is 16.3. The number of likely N-dealkylation sites (tertiary alicyclic amines) is 1. The molecule has 0 unspecified atom stereocenters. The van der Waals surface area contributed by atoms with E-state index in [-0.39, 0.29) is 12.1 Å². The number of carbonyl (C=O) groups excluding carboxylic acids is 1. The molecule has 1 aliphatic heterocycles. The summed E-state index contributed by atoms with van der Waals surface area (Å²) in [4.78, 5) is 20.8. The third kappa shape index (κ3) is 4.29. The van der Waals surface area contributed by atoms with Crippen LogP contribution in [-0.4, -0.2) is 42.1 Å². The van der Waals surface area contributed by atoms with E-state index in [1.807, 2.05) is 30.0 Å². The number of urea groups is 1. The molecule has 0 aliphatic carbocycles. The van der Waals surface area contributed by atoms with Crippen LogP contribution in [0, 0.1) is 0 Å².